The Balaban J connectivity index is 1.91. The number of fused-ring (bicyclic) bond motifs is 1. The van der Waals surface area contributed by atoms with E-state index in [1.807, 2.05) is 37.3 Å². The first-order valence-electron chi connectivity index (χ1n) is 9.79. The van der Waals surface area contributed by atoms with Gasteiger partial charge < -0.3 is 15.0 Å². The molecule has 2 aliphatic rings. The van der Waals surface area contributed by atoms with Gasteiger partial charge >= 0.3 is 5.97 Å². The Kier molecular flexibility index (Phi) is 4.41. The number of dihydropyridines is 1. The van der Waals surface area contributed by atoms with Crippen molar-refractivity contribution < 1.29 is 14.3 Å². The van der Waals surface area contributed by atoms with Crippen molar-refractivity contribution in [2.45, 2.75) is 46.5 Å². The van der Waals surface area contributed by atoms with E-state index in [-0.39, 0.29) is 17.2 Å². The minimum absolute atomic E-state index is 0.0942. The third-order valence-corrected chi connectivity index (χ3v) is 5.60. The molecule has 5 nitrogen and oxygen atoms in total. The molecule has 0 fully saturated rings. The zero-order valence-electron chi connectivity index (χ0n) is 16.8. The lowest BCUT2D eigenvalue weighted by atomic mass is 9.69. The molecule has 2 N–H and O–H groups in total. The maximum absolute atomic E-state index is 13.2. The van der Waals surface area contributed by atoms with Crippen molar-refractivity contribution >= 4 is 22.7 Å². The van der Waals surface area contributed by atoms with Gasteiger partial charge in [-0.25, -0.2) is 4.79 Å². The molecule has 2 aromatic rings. The second-order valence-electron chi connectivity index (χ2n) is 8.46. The highest BCUT2D eigenvalue weighted by atomic mass is 16.5. The Morgan fingerprint density at radius 3 is 2.71 bits per heavy atom. The van der Waals surface area contributed by atoms with Crippen molar-refractivity contribution in [3.05, 3.63) is 58.6 Å². The molecule has 0 bridgehead atoms. The van der Waals surface area contributed by atoms with Gasteiger partial charge in [-0.2, -0.15) is 0 Å². The molecular weight excluding hydrogens is 352 g/mol. The van der Waals surface area contributed by atoms with Crippen LogP contribution in [0.1, 0.15) is 52.1 Å². The number of H-pyrrole nitrogens is 1. The van der Waals surface area contributed by atoms with Gasteiger partial charge in [0.15, 0.2) is 5.78 Å². The molecule has 28 heavy (non-hydrogen) atoms. The summed E-state index contributed by atoms with van der Waals surface area (Å²) in [6, 6.07) is 10.0. The van der Waals surface area contributed by atoms with E-state index in [4.69, 9.17) is 4.74 Å². The number of hydrogen-bond donors (Lipinski definition) is 2. The standard InChI is InChI=1S/C23H26N2O3/c1-5-28-22(27)19-13(2)24-17-11-23(3,4)12-18(26)20(17)21(19)16-10-14-8-6-7-9-15(14)25-16/h6-10,21,24-25H,5,11-12H2,1-4H3. The summed E-state index contributed by atoms with van der Waals surface area (Å²) in [4.78, 5) is 29.5. The van der Waals surface area contributed by atoms with E-state index in [9.17, 15) is 9.59 Å². The molecule has 1 aliphatic heterocycles. The van der Waals surface area contributed by atoms with E-state index in [2.05, 4.69) is 24.1 Å². The van der Waals surface area contributed by atoms with Gasteiger partial charge in [0, 0.05) is 34.6 Å². The van der Waals surface area contributed by atoms with Crippen molar-refractivity contribution in [1.29, 1.82) is 0 Å². The van der Waals surface area contributed by atoms with Crippen LogP contribution in [0.2, 0.25) is 0 Å². The second kappa shape index (κ2) is 6.66. The van der Waals surface area contributed by atoms with E-state index in [1.165, 1.54) is 0 Å². The predicted octanol–water partition coefficient (Wildman–Crippen LogP) is 4.34. The summed E-state index contributed by atoms with van der Waals surface area (Å²) < 4.78 is 5.35. The van der Waals surface area contributed by atoms with Crippen LogP contribution >= 0.6 is 0 Å². The molecule has 1 aromatic carbocycles. The quantitative estimate of drug-likeness (QED) is 0.780. The number of para-hydroxylation sites is 1. The fourth-order valence-corrected chi connectivity index (χ4v) is 4.48. The molecule has 5 heteroatoms. The number of allylic oxidation sites excluding steroid dienone is 3. The first kappa shape index (κ1) is 18.5. The fraction of sp³-hybridized carbons (Fsp3) is 0.391. The average molecular weight is 378 g/mol. The third kappa shape index (κ3) is 3.05. The molecule has 0 radical (unpaired) electrons. The van der Waals surface area contributed by atoms with Gasteiger partial charge in [-0.05, 0) is 43.2 Å². The number of benzene rings is 1. The molecular formula is C23H26N2O3. The lowest BCUT2D eigenvalue weighted by Crippen LogP contribution is -2.38. The summed E-state index contributed by atoms with van der Waals surface area (Å²) in [5.74, 6) is -0.719. The number of carbonyl (C=O) groups is 2. The van der Waals surface area contributed by atoms with Crippen LogP contribution in [0.25, 0.3) is 10.9 Å². The number of ketones is 1. The van der Waals surface area contributed by atoms with Crippen LogP contribution in [0.5, 0.6) is 0 Å². The first-order valence-corrected chi connectivity index (χ1v) is 9.79. The number of hydrogen-bond acceptors (Lipinski definition) is 4. The molecule has 1 aromatic heterocycles. The Hall–Kier alpha value is -2.82. The van der Waals surface area contributed by atoms with Gasteiger partial charge in [0.1, 0.15) is 0 Å². The number of aromatic amines is 1. The monoisotopic (exact) mass is 378 g/mol. The second-order valence-corrected chi connectivity index (χ2v) is 8.46. The number of esters is 1. The number of nitrogens with one attached hydrogen (secondary N) is 2. The van der Waals surface area contributed by atoms with Crippen LogP contribution in [-0.2, 0) is 14.3 Å². The van der Waals surface area contributed by atoms with E-state index >= 15 is 0 Å². The molecule has 0 saturated heterocycles. The topological polar surface area (TPSA) is 71.2 Å². The van der Waals surface area contributed by atoms with Gasteiger partial charge in [-0.1, -0.05) is 32.0 Å². The molecule has 1 aliphatic carbocycles. The van der Waals surface area contributed by atoms with Crippen LogP contribution in [0.15, 0.2) is 52.9 Å². The molecule has 4 rings (SSSR count). The Labute approximate surface area is 164 Å². The lowest BCUT2D eigenvalue weighted by molar-refractivity contribution is -0.138. The van der Waals surface area contributed by atoms with Crippen molar-refractivity contribution in [2.24, 2.45) is 5.41 Å². The zero-order chi connectivity index (χ0) is 20.1. The largest absolute Gasteiger partial charge is 0.463 e. The highest BCUT2D eigenvalue weighted by Crippen LogP contribution is 2.46. The molecule has 146 valence electrons. The smallest absolute Gasteiger partial charge is 0.336 e. The van der Waals surface area contributed by atoms with Crippen LogP contribution in [0.4, 0.5) is 0 Å². The number of carbonyl (C=O) groups excluding carboxylic acids is 2. The first-order chi connectivity index (χ1) is 13.3. The summed E-state index contributed by atoms with van der Waals surface area (Å²) in [6.07, 6.45) is 1.25. The fourth-order valence-electron chi connectivity index (χ4n) is 4.48. The van der Waals surface area contributed by atoms with Crippen LogP contribution < -0.4 is 5.32 Å². The Bertz CT molecular complexity index is 1010. The van der Waals surface area contributed by atoms with E-state index in [0.29, 0.717) is 24.2 Å². The number of rotatable bonds is 3. The van der Waals surface area contributed by atoms with Crippen molar-refractivity contribution in [1.82, 2.24) is 10.3 Å². The van der Waals surface area contributed by atoms with Crippen LogP contribution in [0.3, 0.4) is 0 Å². The Morgan fingerprint density at radius 1 is 1.25 bits per heavy atom. The van der Waals surface area contributed by atoms with Gasteiger partial charge in [0.05, 0.1) is 18.1 Å². The minimum Gasteiger partial charge on any atom is -0.463 e. The number of aromatic nitrogens is 1. The van der Waals surface area contributed by atoms with Gasteiger partial charge in [-0.3, -0.25) is 4.79 Å². The Morgan fingerprint density at radius 2 is 2.00 bits per heavy atom. The van der Waals surface area contributed by atoms with E-state index in [1.54, 1.807) is 6.92 Å². The predicted molar refractivity (Wildman–Crippen MR) is 109 cm³/mol. The SMILES string of the molecule is CCOC(=O)C1=C(C)NC2=C(C(=O)CC(C)(C)C2)C1c1cc2ccccc2[nH]1. The average Bonchev–Trinajstić information content (AvgIpc) is 3.03. The molecule has 0 amide bonds. The molecule has 0 saturated carbocycles. The summed E-state index contributed by atoms with van der Waals surface area (Å²) in [5.41, 5.74) is 4.63. The van der Waals surface area contributed by atoms with Gasteiger partial charge in [-0.15, -0.1) is 0 Å². The summed E-state index contributed by atoms with van der Waals surface area (Å²) >= 11 is 0. The van der Waals surface area contributed by atoms with Crippen molar-refractivity contribution in [2.75, 3.05) is 6.61 Å². The maximum Gasteiger partial charge on any atom is 0.336 e. The molecule has 1 atom stereocenters. The minimum atomic E-state index is -0.439. The zero-order valence-corrected chi connectivity index (χ0v) is 16.8. The highest BCUT2D eigenvalue weighted by Gasteiger charge is 2.43. The normalized spacial score (nSPS) is 21.6. The summed E-state index contributed by atoms with van der Waals surface area (Å²) in [7, 11) is 0. The maximum atomic E-state index is 13.2. The van der Waals surface area contributed by atoms with Crippen molar-refractivity contribution in [3.8, 4) is 0 Å². The van der Waals surface area contributed by atoms with Crippen LogP contribution in [0, 0.1) is 5.41 Å². The molecule has 0 spiro atoms. The van der Waals surface area contributed by atoms with Crippen LogP contribution in [-0.4, -0.2) is 23.3 Å². The van der Waals surface area contributed by atoms with E-state index in [0.717, 1.165) is 34.4 Å². The number of Topliss-reactive ketones (excluding diaryl/α,β-unsaturated/α-hetero) is 1. The van der Waals surface area contributed by atoms with Crippen molar-refractivity contribution in [3.63, 3.8) is 0 Å². The third-order valence-electron chi connectivity index (χ3n) is 5.60. The summed E-state index contributed by atoms with van der Waals surface area (Å²) in [6.45, 7) is 8.18. The molecule has 1 unspecified atom stereocenters. The molecule has 2 heterocycles. The van der Waals surface area contributed by atoms with E-state index < -0.39 is 5.92 Å². The number of ether oxygens (including phenoxy) is 1. The van der Waals surface area contributed by atoms with Gasteiger partial charge in [0.2, 0.25) is 0 Å². The lowest BCUT2D eigenvalue weighted by Gasteiger charge is -2.39. The highest BCUT2D eigenvalue weighted by molar-refractivity contribution is 6.04. The van der Waals surface area contributed by atoms with Gasteiger partial charge in [0.25, 0.3) is 0 Å². The summed E-state index contributed by atoms with van der Waals surface area (Å²) in [5, 5.41) is 4.41.